The fourth-order valence-corrected chi connectivity index (χ4v) is 3.83. The summed E-state index contributed by atoms with van der Waals surface area (Å²) in [6.45, 7) is 1.68. The fraction of sp³-hybridized carbons (Fsp3) is 0.333. The van der Waals surface area contributed by atoms with Gasteiger partial charge in [0.05, 0.1) is 12.1 Å². The topological polar surface area (TPSA) is 61.4 Å². The van der Waals surface area contributed by atoms with Gasteiger partial charge in [0, 0.05) is 41.3 Å². The highest BCUT2D eigenvalue weighted by molar-refractivity contribution is 6.35. The predicted molar refractivity (Wildman–Crippen MR) is 112 cm³/mol. The van der Waals surface area contributed by atoms with Crippen LogP contribution in [0.5, 0.6) is 0 Å². The van der Waals surface area contributed by atoms with Crippen molar-refractivity contribution in [3.8, 4) is 0 Å². The first-order chi connectivity index (χ1) is 14.6. The van der Waals surface area contributed by atoms with Crippen LogP contribution >= 0.6 is 23.2 Å². The van der Waals surface area contributed by atoms with Gasteiger partial charge in [-0.05, 0) is 42.3 Å². The number of amides is 2. The molecule has 2 aromatic rings. The molecule has 2 aromatic carbocycles. The van der Waals surface area contributed by atoms with E-state index in [1.807, 2.05) is 6.07 Å². The molecule has 1 heterocycles. The molecule has 1 saturated heterocycles. The molecule has 1 aliphatic heterocycles. The first-order valence-electron chi connectivity index (χ1n) is 9.53. The predicted octanol–water partition coefficient (Wildman–Crippen LogP) is 4.13. The van der Waals surface area contributed by atoms with Gasteiger partial charge in [0.25, 0.3) is 5.91 Å². The summed E-state index contributed by atoms with van der Waals surface area (Å²) in [5.41, 5.74) is -0.141. The first kappa shape index (κ1) is 23.4. The van der Waals surface area contributed by atoms with Gasteiger partial charge in [-0.15, -0.1) is 0 Å². The first-order valence-corrected chi connectivity index (χ1v) is 10.3. The Morgan fingerprint density at radius 1 is 1.13 bits per heavy atom. The third kappa shape index (κ3) is 6.59. The Kier molecular flexibility index (Phi) is 7.46. The zero-order valence-electron chi connectivity index (χ0n) is 16.3. The fourth-order valence-electron chi connectivity index (χ4n) is 3.36. The average Bonchev–Trinajstić information content (AvgIpc) is 3.14. The Balaban J connectivity index is 1.45. The van der Waals surface area contributed by atoms with Crippen molar-refractivity contribution in [1.82, 2.24) is 15.5 Å². The Morgan fingerprint density at radius 3 is 2.61 bits per heavy atom. The lowest BCUT2D eigenvalue weighted by Crippen LogP contribution is -2.43. The Hall–Kier alpha value is -2.29. The van der Waals surface area contributed by atoms with E-state index in [9.17, 15) is 22.8 Å². The molecular weight excluding hydrogens is 454 g/mol. The maximum Gasteiger partial charge on any atom is 0.416 e. The van der Waals surface area contributed by atoms with Crippen molar-refractivity contribution in [2.24, 2.45) is 0 Å². The molecule has 3 rings (SSSR count). The van der Waals surface area contributed by atoms with Crippen molar-refractivity contribution in [3.63, 3.8) is 0 Å². The zero-order valence-corrected chi connectivity index (χ0v) is 17.8. The number of alkyl halides is 3. The van der Waals surface area contributed by atoms with Crippen LogP contribution in [-0.2, 0) is 17.5 Å². The molecule has 0 bridgehead atoms. The second kappa shape index (κ2) is 9.89. The van der Waals surface area contributed by atoms with Crippen molar-refractivity contribution >= 4 is 35.0 Å². The average molecular weight is 474 g/mol. The van der Waals surface area contributed by atoms with Crippen LogP contribution < -0.4 is 10.6 Å². The van der Waals surface area contributed by atoms with Crippen LogP contribution in [0.2, 0.25) is 10.0 Å². The molecule has 1 fully saturated rings. The minimum absolute atomic E-state index is 0.0935. The standard InChI is InChI=1S/C21H20Cl2F3N3O2/c22-16-5-4-14(18(23)9-16)11-29-7-6-17(12-29)28-19(30)10-27-20(31)13-2-1-3-15(8-13)21(24,25)26/h1-5,8-9,17H,6-7,10-12H2,(H,27,31)(H,28,30)/t17-/m1/s1. The molecule has 2 N–H and O–H groups in total. The van der Waals surface area contributed by atoms with E-state index in [-0.39, 0.29) is 18.2 Å². The van der Waals surface area contributed by atoms with Crippen LogP contribution in [0.15, 0.2) is 42.5 Å². The van der Waals surface area contributed by atoms with Crippen molar-refractivity contribution in [3.05, 3.63) is 69.2 Å². The number of halogens is 5. The zero-order chi connectivity index (χ0) is 22.6. The van der Waals surface area contributed by atoms with Crippen LogP contribution in [0.1, 0.15) is 27.9 Å². The number of carbonyl (C=O) groups is 2. The highest BCUT2D eigenvalue weighted by Crippen LogP contribution is 2.29. The molecule has 0 radical (unpaired) electrons. The normalized spacial score (nSPS) is 16.9. The molecular formula is C21H20Cl2F3N3O2. The monoisotopic (exact) mass is 473 g/mol. The van der Waals surface area contributed by atoms with Crippen LogP contribution in [0.3, 0.4) is 0 Å². The minimum atomic E-state index is -4.54. The van der Waals surface area contributed by atoms with Crippen molar-refractivity contribution in [2.75, 3.05) is 19.6 Å². The largest absolute Gasteiger partial charge is 0.416 e. The van der Waals surface area contributed by atoms with Gasteiger partial charge in [-0.3, -0.25) is 14.5 Å². The van der Waals surface area contributed by atoms with E-state index in [0.717, 1.165) is 36.7 Å². The molecule has 0 aliphatic carbocycles. The molecule has 0 saturated carbocycles. The maximum absolute atomic E-state index is 12.8. The lowest BCUT2D eigenvalue weighted by Gasteiger charge is -2.18. The van der Waals surface area contributed by atoms with E-state index in [2.05, 4.69) is 15.5 Å². The molecule has 0 aromatic heterocycles. The smallest absolute Gasteiger partial charge is 0.350 e. The summed E-state index contributed by atoms with van der Waals surface area (Å²) >= 11 is 12.1. The number of benzene rings is 2. The molecule has 5 nitrogen and oxygen atoms in total. The lowest BCUT2D eigenvalue weighted by atomic mass is 10.1. The van der Waals surface area contributed by atoms with E-state index in [4.69, 9.17) is 23.2 Å². The summed E-state index contributed by atoms with van der Waals surface area (Å²) < 4.78 is 38.3. The molecule has 1 aliphatic rings. The van der Waals surface area contributed by atoms with Crippen LogP contribution in [0, 0.1) is 0 Å². The second-order valence-corrected chi connectivity index (χ2v) is 8.13. The SMILES string of the molecule is O=C(CNC(=O)c1cccc(C(F)(F)F)c1)N[C@@H]1CCN(Cc2ccc(Cl)cc2Cl)C1. The van der Waals surface area contributed by atoms with Gasteiger partial charge >= 0.3 is 6.18 Å². The summed E-state index contributed by atoms with van der Waals surface area (Å²) in [6, 6.07) is 9.27. The van der Waals surface area contributed by atoms with E-state index >= 15 is 0 Å². The highest BCUT2D eigenvalue weighted by atomic mass is 35.5. The minimum Gasteiger partial charge on any atom is -0.350 e. The maximum atomic E-state index is 12.8. The van der Waals surface area contributed by atoms with E-state index in [1.165, 1.54) is 6.07 Å². The number of carbonyl (C=O) groups excluding carboxylic acids is 2. The summed E-state index contributed by atoms with van der Waals surface area (Å²) in [6.07, 6.45) is -3.81. The Bertz CT molecular complexity index is 969. The highest BCUT2D eigenvalue weighted by Gasteiger charge is 2.31. The van der Waals surface area contributed by atoms with Crippen molar-refractivity contribution in [1.29, 1.82) is 0 Å². The third-order valence-corrected chi connectivity index (χ3v) is 5.50. The second-order valence-electron chi connectivity index (χ2n) is 7.29. The van der Waals surface area contributed by atoms with Crippen LogP contribution in [-0.4, -0.2) is 42.4 Å². The van der Waals surface area contributed by atoms with Crippen molar-refractivity contribution in [2.45, 2.75) is 25.2 Å². The molecule has 31 heavy (non-hydrogen) atoms. The quantitative estimate of drug-likeness (QED) is 0.662. The summed E-state index contributed by atoms with van der Waals surface area (Å²) in [5, 5.41) is 6.33. The molecule has 10 heteroatoms. The molecule has 0 unspecified atom stereocenters. The Morgan fingerprint density at radius 2 is 1.90 bits per heavy atom. The molecule has 166 valence electrons. The van der Waals surface area contributed by atoms with E-state index in [0.29, 0.717) is 23.1 Å². The number of rotatable bonds is 6. The summed E-state index contributed by atoms with van der Waals surface area (Å²) in [5.74, 6) is -1.15. The summed E-state index contributed by atoms with van der Waals surface area (Å²) in [4.78, 5) is 26.4. The van der Waals surface area contributed by atoms with Gasteiger partial charge in [-0.1, -0.05) is 35.3 Å². The van der Waals surface area contributed by atoms with Crippen LogP contribution in [0.4, 0.5) is 13.2 Å². The lowest BCUT2D eigenvalue weighted by molar-refractivity contribution is -0.137. The van der Waals surface area contributed by atoms with Gasteiger partial charge in [0.1, 0.15) is 0 Å². The molecule has 1 atom stereocenters. The third-order valence-electron chi connectivity index (χ3n) is 4.91. The summed E-state index contributed by atoms with van der Waals surface area (Å²) in [7, 11) is 0. The van der Waals surface area contributed by atoms with Crippen LogP contribution in [0.25, 0.3) is 0 Å². The van der Waals surface area contributed by atoms with E-state index in [1.54, 1.807) is 12.1 Å². The van der Waals surface area contributed by atoms with Crippen molar-refractivity contribution < 1.29 is 22.8 Å². The Labute approximate surface area is 187 Å². The van der Waals surface area contributed by atoms with E-state index < -0.39 is 23.6 Å². The molecule has 2 amide bonds. The van der Waals surface area contributed by atoms with Gasteiger partial charge in [-0.25, -0.2) is 0 Å². The van der Waals surface area contributed by atoms with Gasteiger partial charge in [0.2, 0.25) is 5.91 Å². The van der Waals surface area contributed by atoms with Gasteiger partial charge in [-0.2, -0.15) is 13.2 Å². The van der Waals surface area contributed by atoms with Gasteiger partial charge in [0.15, 0.2) is 0 Å². The number of nitrogens with zero attached hydrogens (tertiary/aromatic N) is 1. The number of hydrogen-bond donors (Lipinski definition) is 2. The number of likely N-dealkylation sites (tertiary alicyclic amines) is 1. The number of hydrogen-bond acceptors (Lipinski definition) is 3. The molecule has 0 spiro atoms. The van der Waals surface area contributed by atoms with Gasteiger partial charge < -0.3 is 10.6 Å². The number of nitrogens with one attached hydrogen (secondary N) is 2.